The number of unbranched alkanes of at least 4 members (excludes halogenated alkanes) is 3. The van der Waals surface area contributed by atoms with Gasteiger partial charge in [0.15, 0.2) is 5.82 Å². The summed E-state index contributed by atoms with van der Waals surface area (Å²) in [6, 6.07) is 17.3. The molecule has 0 N–H and O–H groups in total. The Morgan fingerprint density at radius 1 is 0.615 bits per heavy atom. The summed E-state index contributed by atoms with van der Waals surface area (Å²) in [5, 5.41) is 0. The van der Waals surface area contributed by atoms with Crippen LogP contribution < -0.4 is 0 Å². The minimum Gasteiger partial charge on any atom is -0.236 e. The summed E-state index contributed by atoms with van der Waals surface area (Å²) in [5.74, 6) is 0.801. The van der Waals surface area contributed by atoms with Crippen LogP contribution in [0.3, 0.4) is 0 Å². The number of nitrogens with zero attached hydrogens (tertiary/aromatic N) is 2. The lowest BCUT2D eigenvalue weighted by atomic mass is 10.0. The lowest BCUT2D eigenvalue weighted by molar-refractivity contribution is 0.665. The van der Waals surface area contributed by atoms with E-state index in [1.807, 2.05) is 12.4 Å². The summed E-state index contributed by atoms with van der Waals surface area (Å²) in [7, 11) is 0. The second-order valence-electron chi connectivity index (χ2n) is 6.85. The highest BCUT2D eigenvalue weighted by atomic mass is 14.9. The summed E-state index contributed by atoms with van der Waals surface area (Å²) in [6.07, 6.45) is 11.2. The Balaban J connectivity index is 1.66. The fourth-order valence-electron chi connectivity index (χ4n) is 3.13. The van der Waals surface area contributed by atoms with Gasteiger partial charge < -0.3 is 0 Å². The van der Waals surface area contributed by atoms with Crippen molar-refractivity contribution in [2.24, 2.45) is 0 Å². The standard InChI is InChI=1S/C24H28N2/c1-3-5-6-7-8-20-17-25-24(26-18-20)23-15-13-22(14-16-23)21-11-9-19(4-2)10-12-21/h9-18H,3-8H2,1-2H3. The zero-order chi connectivity index (χ0) is 18.2. The summed E-state index contributed by atoms with van der Waals surface area (Å²) >= 11 is 0. The molecule has 0 atom stereocenters. The molecule has 1 aromatic heterocycles. The van der Waals surface area contributed by atoms with Crippen molar-refractivity contribution < 1.29 is 0 Å². The first-order chi connectivity index (χ1) is 12.8. The fraction of sp³-hybridized carbons (Fsp3) is 0.333. The van der Waals surface area contributed by atoms with Crippen molar-refractivity contribution >= 4 is 0 Å². The van der Waals surface area contributed by atoms with Gasteiger partial charge in [-0.2, -0.15) is 0 Å². The SMILES string of the molecule is CCCCCCc1cnc(-c2ccc(-c3ccc(CC)cc3)cc2)nc1. The molecule has 0 saturated carbocycles. The number of hydrogen-bond acceptors (Lipinski definition) is 2. The van der Waals surface area contributed by atoms with Crippen molar-refractivity contribution in [2.45, 2.75) is 52.4 Å². The second kappa shape index (κ2) is 9.28. The van der Waals surface area contributed by atoms with Gasteiger partial charge in [-0.05, 0) is 41.5 Å². The molecule has 0 fully saturated rings. The molecule has 3 aromatic rings. The molecule has 0 saturated heterocycles. The molecule has 0 unspecified atom stereocenters. The maximum atomic E-state index is 4.56. The Bertz CT molecular complexity index is 787. The van der Waals surface area contributed by atoms with Gasteiger partial charge in [-0.15, -0.1) is 0 Å². The topological polar surface area (TPSA) is 25.8 Å². The molecule has 0 aliphatic rings. The van der Waals surface area contributed by atoms with E-state index < -0.39 is 0 Å². The van der Waals surface area contributed by atoms with E-state index in [1.54, 1.807) is 0 Å². The quantitative estimate of drug-likeness (QED) is 0.436. The predicted molar refractivity (Wildman–Crippen MR) is 110 cm³/mol. The van der Waals surface area contributed by atoms with E-state index in [2.05, 4.69) is 72.3 Å². The smallest absolute Gasteiger partial charge is 0.159 e. The van der Waals surface area contributed by atoms with Gasteiger partial charge in [0.1, 0.15) is 0 Å². The van der Waals surface area contributed by atoms with E-state index in [9.17, 15) is 0 Å². The minimum absolute atomic E-state index is 0.801. The molecular formula is C24H28N2. The van der Waals surface area contributed by atoms with Gasteiger partial charge in [-0.1, -0.05) is 81.6 Å². The summed E-state index contributed by atoms with van der Waals surface area (Å²) in [4.78, 5) is 9.12. The van der Waals surface area contributed by atoms with Crippen LogP contribution in [-0.4, -0.2) is 9.97 Å². The number of benzene rings is 2. The average Bonchev–Trinajstić information content (AvgIpc) is 2.72. The molecule has 2 nitrogen and oxygen atoms in total. The summed E-state index contributed by atoms with van der Waals surface area (Å²) < 4.78 is 0. The third-order valence-corrected chi connectivity index (χ3v) is 4.86. The first kappa shape index (κ1) is 18.3. The van der Waals surface area contributed by atoms with Crippen molar-refractivity contribution in [3.8, 4) is 22.5 Å². The fourth-order valence-corrected chi connectivity index (χ4v) is 3.13. The first-order valence-corrected chi connectivity index (χ1v) is 9.81. The Kier molecular flexibility index (Phi) is 6.54. The van der Waals surface area contributed by atoms with Crippen LogP contribution in [0.1, 0.15) is 50.7 Å². The van der Waals surface area contributed by atoms with Crippen LogP contribution in [0.5, 0.6) is 0 Å². The van der Waals surface area contributed by atoms with Gasteiger partial charge in [0, 0.05) is 18.0 Å². The Hall–Kier alpha value is -2.48. The maximum Gasteiger partial charge on any atom is 0.159 e. The molecule has 2 heteroatoms. The van der Waals surface area contributed by atoms with Gasteiger partial charge in [-0.3, -0.25) is 0 Å². The molecular weight excluding hydrogens is 316 g/mol. The normalized spacial score (nSPS) is 10.8. The Morgan fingerprint density at radius 2 is 1.19 bits per heavy atom. The molecule has 2 aromatic carbocycles. The van der Waals surface area contributed by atoms with Crippen molar-refractivity contribution in [1.82, 2.24) is 9.97 Å². The highest BCUT2D eigenvalue weighted by Gasteiger charge is 2.04. The predicted octanol–water partition coefficient (Wildman–Crippen LogP) is 6.50. The summed E-state index contributed by atoms with van der Waals surface area (Å²) in [6.45, 7) is 4.42. The zero-order valence-corrected chi connectivity index (χ0v) is 15.9. The molecule has 0 aliphatic carbocycles. The number of rotatable bonds is 8. The van der Waals surface area contributed by atoms with E-state index >= 15 is 0 Å². The lowest BCUT2D eigenvalue weighted by Gasteiger charge is -2.06. The number of aryl methyl sites for hydroxylation is 2. The van der Waals surface area contributed by atoms with Crippen LogP contribution >= 0.6 is 0 Å². The van der Waals surface area contributed by atoms with Crippen LogP contribution in [0, 0.1) is 0 Å². The molecule has 1 heterocycles. The van der Waals surface area contributed by atoms with Crippen molar-refractivity contribution in [2.75, 3.05) is 0 Å². The second-order valence-corrected chi connectivity index (χ2v) is 6.85. The molecule has 0 spiro atoms. The molecule has 134 valence electrons. The van der Waals surface area contributed by atoms with Crippen LogP contribution in [0.4, 0.5) is 0 Å². The maximum absolute atomic E-state index is 4.56. The van der Waals surface area contributed by atoms with Crippen LogP contribution in [0.15, 0.2) is 60.9 Å². The number of aromatic nitrogens is 2. The van der Waals surface area contributed by atoms with Crippen LogP contribution in [0.2, 0.25) is 0 Å². The first-order valence-electron chi connectivity index (χ1n) is 9.81. The average molecular weight is 345 g/mol. The lowest BCUT2D eigenvalue weighted by Crippen LogP contribution is -1.93. The van der Waals surface area contributed by atoms with Crippen LogP contribution in [-0.2, 0) is 12.8 Å². The van der Waals surface area contributed by atoms with Crippen molar-refractivity contribution in [3.05, 3.63) is 72.1 Å². The highest BCUT2D eigenvalue weighted by molar-refractivity contribution is 5.67. The van der Waals surface area contributed by atoms with E-state index in [4.69, 9.17) is 0 Å². The third kappa shape index (κ3) is 4.78. The van der Waals surface area contributed by atoms with Crippen LogP contribution in [0.25, 0.3) is 22.5 Å². The van der Waals surface area contributed by atoms with Gasteiger partial charge in [0.25, 0.3) is 0 Å². The van der Waals surface area contributed by atoms with Crippen molar-refractivity contribution in [3.63, 3.8) is 0 Å². The minimum atomic E-state index is 0.801. The van der Waals surface area contributed by atoms with E-state index in [1.165, 1.54) is 47.9 Å². The largest absolute Gasteiger partial charge is 0.236 e. The third-order valence-electron chi connectivity index (χ3n) is 4.86. The molecule has 26 heavy (non-hydrogen) atoms. The highest BCUT2D eigenvalue weighted by Crippen LogP contribution is 2.23. The van der Waals surface area contributed by atoms with E-state index in [0.29, 0.717) is 0 Å². The molecule has 0 radical (unpaired) electrons. The van der Waals surface area contributed by atoms with Gasteiger partial charge in [0.2, 0.25) is 0 Å². The Morgan fingerprint density at radius 3 is 1.77 bits per heavy atom. The molecule has 0 aliphatic heterocycles. The molecule has 0 amide bonds. The molecule has 3 rings (SSSR count). The van der Waals surface area contributed by atoms with E-state index in [0.717, 1.165) is 24.2 Å². The summed E-state index contributed by atoms with van der Waals surface area (Å²) in [5.41, 5.74) is 6.14. The van der Waals surface area contributed by atoms with Gasteiger partial charge in [-0.25, -0.2) is 9.97 Å². The monoisotopic (exact) mass is 344 g/mol. The zero-order valence-electron chi connectivity index (χ0n) is 15.9. The van der Waals surface area contributed by atoms with Gasteiger partial charge in [0.05, 0.1) is 0 Å². The number of hydrogen-bond donors (Lipinski definition) is 0. The Labute approximate surface area is 157 Å². The van der Waals surface area contributed by atoms with Gasteiger partial charge >= 0.3 is 0 Å². The van der Waals surface area contributed by atoms with Crippen molar-refractivity contribution in [1.29, 1.82) is 0 Å². The molecule has 0 bridgehead atoms. The van der Waals surface area contributed by atoms with E-state index in [-0.39, 0.29) is 0 Å².